The molecule has 0 radical (unpaired) electrons. The van der Waals surface area contributed by atoms with E-state index in [9.17, 15) is 36.3 Å². The van der Waals surface area contributed by atoms with Crippen molar-refractivity contribution in [1.29, 1.82) is 5.26 Å². The minimum absolute atomic E-state index is 0.0271. The second kappa shape index (κ2) is 10.5. The van der Waals surface area contributed by atoms with E-state index in [4.69, 9.17) is 10.00 Å². The zero-order valence-electron chi connectivity index (χ0n) is 21.9. The van der Waals surface area contributed by atoms with Gasteiger partial charge in [0.2, 0.25) is 11.5 Å². The molecule has 2 aliphatic rings. The minimum atomic E-state index is -4.82. The first-order chi connectivity index (χ1) is 19.8. The van der Waals surface area contributed by atoms with Gasteiger partial charge in [-0.25, -0.2) is 23.5 Å². The number of aryl methyl sites for hydroxylation is 1. The molecule has 1 aliphatic carbocycles. The van der Waals surface area contributed by atoms with Gasteiger partial charge >= 0.3 is 12.3 Å². The molecule has 13 heteroatoms. The predicted molar refractivity (Wildman–Crippen MR) is 135 cm³/mol. The average molecular weight is 585 g/mol. The van der Waals surface area contributed by atoms with Gasteiger partial charge in [0.15, 0.2) is 11.5 Å². The number of pyridine rings is 1. The predicted octanol–water partition coefficient (Wildman–Crippen LogP) is 5.00. The van der Waals surface area contributed by atoms with Crippen LogP contribution in [0, 0.1) is 23.0 Å². The highest BCUT2D eigenvalue weighted by Gasteiger charge is 2.58. The van der Waals surface area contributed by atoms with Gasteiger partial charge in [-0.1, -0.05) is 30.3 Å². The third-order valence-corrected chi connectivity index (χ3v) is 7.46. The van der Waals surface area contributed by atoms with Crippen molar-refractivity contribution in [3.63, 3.8) is 0 Å². The zero-order valence-corrected chi connectivity index (χ0v) is 21.9. The standard InChI is InChI=1S/C29H21F5N4O4/c1-16(29(32,33)34)37(14-17-2-5-21(30)6-3-17)25(39)15-38-26(40)28(42-27(38)41)9-8-19-10-18(4-7-22(19)28)20-11-23(31)24(12-35)36-13-20/h2-7,10-11,13,16H,8-9,14-15H2,1H3/t16-,28+/m0/s1. The summed E-state index contributed by atoms with van der Waals surface area (Å²) >= 11 is 0. The molecule has 5 rings (SSSR count). The number of hydrogen-bond donors (Lipinski definition) is 0. The SMILES string of the molecule is C[C@H](N(Cc1ccc(F)cc1)C(=O)CN1C(=O)O[C@@]2(CCc3cc(-c4cnc(C#N)c(F)c4)ccc32)C1=O)C(F)(F)F. The molecule has 216 valence electrons. The molecule has 0 unspecified atom stereocenters. The van der Waals surface area contributed by atoms with Gasteiger partial charge in [0, 0.05) is 30.3 Å². The summed E-state index contributed by atoms with van der Waals surface area (Å²) in [6.45, 7) is -0.768. The maximum absolute atomic E-state index is 14.1. The fraction of sp³-hybridized carbons (Fsp3) is 0.276. The van der Waals surface area contributed by atoms with Crippen LogP contribution in [0.15, 0.2) is 54.7 Å². The van der Waals surface area contributed by atoms with Gasteiger partial charge in [-0.05, 0) is 48.2 Å². The molecule has 0 saturated carbocycles. The molecule has 0 bridgehead atoms. The Bertz CT molecular complexity index is 1640. The first-order valence-electron chi connectivity index (χ1n) is 12.7. The minimum Gasteiger partial charge on any atom is -0.427 e. The first kappa shape index (κ1) is 28.7. The van der Waals surface area contributed by atoms with Crippen LogP contribution in [0.25, 0.3) is 11.1 Å². The lowest BCUT2D eigenvalue weighted by atomic mass is 9.93. The lowest BCUT2D eigenvalue weighted by Gasteiger charge is -2.31. The topological polar surface area (TPSA) is 104 Å². The molecule has 1 fully saturated rings. The smallest absolute Gasteiger partial charge is 0.418 e. The lowest BCUT2D eigenvalue weighted by Crippen LogP contribution is -2.51. The van der Waals surface area contributed by atoms with E-state index in [-0.39, 0.29) is 24.1 Å². The zero-order chi connectivity index (χ0) is 30.4. The monoisotopic (exact) mass is 584 g/mol. The van der Waals surface area contributed by atoms with E-state index in [0.717, 1.165) is 25.1 Å². The number of halogens is 5. The molecule has 1 spiro atoms. The maximum Gasteiger partial charge on any atom is 0.418 e. The van der Waals surface area contributed by atoms with Gasteiger partial charge < -0.3 is 9.64 Å². The lowest BCUT2D eigenvalue weighted by molar-refractivity contribution is -0.187. The normalized spacial score (nSPS) is 18.5. The summed E-state index contributed by atoms with van der Waals surface area (Å²) in [5.74, 6) is -3.46. The van der Waals surface area contributed by atoms with Crippen molar-refractivity contribution < 1.29 is 41.1 Å². The second-order valence-electron chi connectivity index (χ2n) is 9.99. The summed E-state index contributed by atoms with van der Waals surface area (Å²) in [7, 11) is 0. The van der Waals surface area contributed by atoms with Gasteiger partial charge in [0.1, 0.15) is 24.5 Å². The van der Waals surface area contributed by atoms with Gasteiger partial charge in [-0.3, -0.25) is 9.59 Å². The van der Waals surface area contributed by atoms with Crippen molar-refractivity contribution in [2.24, 2.45) is 0 Å². The number of hydrogen-bond acceptors (Lipinski definition) is 6. The van der Waals surface area contributed by atoms with Crippen LogP contribution in [0.3, 0.4) is 0 Å². The molecule has 2 aromatic carbocycles. The van der Waals surface area contributed by atoms with Crippen LogP contribution in [0.2, 0.25) is 0 Å². The summed E-state index contributed by atoms with van der Waals surface area (Å²) in [5.41, 5.74) is -0.0658. The highest BCUT2D eigenvalue weighted by atomic mass is 19.4. The number of nitriles is 1. The van der Waals surface area contributed by atoms with Crippen LogP contribution in [0.1, 0.15) is 35.7 Å². The molecule has 8 nitrogen and oxygen atoms in total. The van der Waals surface area contributed by atoms with E-state index in [0.29, 0.717) is 32.1 Å². The van der Waals surface area contributed by atoms with E-state index in [2.05, 4.69) is 4.98 Å². The summed E-state index contributed by atoms with van der Waals surface area (Å²) < 4.78 is 73.8. The first-order valence-corrected chi connectivity index (χ1v) is 12.7. The fourth-order valence-electron chi connectivity index (χ4n) is 5.14. The van der Waals surface area contributed by atoms with E-state index in [1.165, 1.54) is 24.4 Å². The van der Waals surface area contributed by atoms with Crippen molar-refractivity contribution in [2.75, 3.05) is 6.54 Å². The number of aromatic nitrogens is 1. The van der Waals surface area contributed by atoms with Crippen molar-refractivity contribution in [3.8, 4) is 17.2 Å². The Hall–Kier alpha value is -4.86. The number of ether oxygens (including phenoxy) is 1. The number of nitrogens with zero attached hydrogens (tertiary/aromatic N) is 4. The quantitative estimate of drug-likeness (QED) is 0.378. The summed E-state index contributed by atoms with van der Waals surface area (Å²) in [6.07, 6.45) is -4.37. The summed E-state index contributed by atoms with van der Waals surface area (Å²) in [4.78, 5) is 44.3. The summed E-state index contributed by atoms with van der Waals surface area (Å²) in [5, 5.41) is 8.90. The van der Waals surface area contributed by atoms with Crippen LogP contribution in [0.4, 0.5) is 26.7 Å². The molecular formula is C29H21F5N4O4. The largest absolute Gasteiger partial charge is 0.427 e. The number of alkyl halides is 3. The Balaban J connectivity index is 1.39. The van der Waals surface area contributed by atoms with Crippen LogP contribution in [-0.2, 0) is 32.9 Å². The average Bonchev–Trinajstić information content (AvgIpc) is 3.43. The molecule has 3 amide bonds. The third-order valence-electron chi connectivity index (χ3n) is 7.46. The number of fused-ring (bicyclic) bond motifs is 2. The van der Waals surface area contributed by atoms with Crippen LogP contribution < -0.4 is 0 Å². The maximum atomic E-state index is 14.1. The van der Waals surface area contributed by atoms with E-state index in [1.54, 1.807) is 18.2 Å². The molecule has 0 N–H and O–H groups in total. The van der Waals surface area contributed by atoms with Gasteiger partial charge in [-0.15, -0.1) is 0 Å². The molecule has 1 saturated heterocycles. The Labute approximate surface area is 235 Å². The van der Waals surface area contributed by atoms with Gasteiger partial charge in [-0.2, -0.15) is 18.4 Å². The molecule has 42 heavy (non-hydrogen) atoms. The molecule has 3 aromatic rings. The number of rotatable bonds is 6. The molecule has 2 heterocycles. The highest BCUT2D eigenvalue weighted by molar-refractivity contribution is 6.06. The van der Waals surface area contributed by atoms with Crippen LogP contribution in [0.5, 0.6) is 0 Å². The van der Waals surface area contributed by atoms with Gasteiger partial charge in [0.05, 0.1) is 0 Å². The molecular weight excluding hydrogens is 563 g/mol. The Morgan fingerprint density at radius 1 is 1.14 bits per heavy atom. The van der Waals surface area contributed by atoms with Gasteiger partial charge in [0.25, 0.3) is 5.91 Å². The third kappa shape index (κ3) is 5.04. The van der Waals surface area contributed by atoms with E-state index >= 15 is 0 Å². The number of imide groups is 1. The Morgan fingerprint density at radius 3 is 2.50 bits per heavy atom. The van der Waals surface area contributed by atoms with Crippen LogP contribution in [-0.4, -0.2) is 51.5 Å². The number of amides is 3. The van der Waals surface area contributed by atoms with Crippen molar-refractivity contribution in [2.45, 2.75) is 44.1 Å². The summed E-state index contributed by atoms with van der Waals surface area (Å²) in [6, 6.07) is 9.79. The molecule has 1 aliphatic heterocycles. The van der Waals surface area contributed by atoms with E-state index in [1.807, 2.05) is 0 Å². The number of benzene rings is 2. The fourth-order valence-corrected chi connectivity index (χ4v) is 5.14. The Morgan fingerprint density at radius 2 is 1.86 bits per heavy atom. The molecule has 2 atom stereocenters. The molecule has 1 aromatic heterocycles. The van der Waals surface area contributed by atoms with Crippen molar-refractivity contribution in [1.82, 2.24) is 14.8 Å². The highest BCUT2D eigenvalue weighted by Crippen LogP contribution is 2.46. The Kier molecular flexibility index (Phi) is 7.18. The van der Waals surface area contributed by atoms with Crippen molar-refractivity contribution >= 4 is 17.9 Å². The van der Waals surface area contributed by atoms with Crippen molar-refractivity contribution in [3.05, 3.63) is 88.7 Å². The number of carbonyl (C=O) groups is 3. The van der Waals surface area contributed by atoms with Crippen LogP contribution >= 0.6 is 0 Å². The number of carbonyl (C=O) groups excluding carboxylic acids is 3. The second-order valence-corrected chi connectivity index (χ2v) is 9.99. The van der Waals surface area contributed by atoms with E-state index < -0.39 is 60.5 Å².